The lowest BCUT2D eigenvalue weighted by Crippen LogP contribution is -1.85. The monoisotopic (exact) mass is 122 g/mol. The third-order valence-corrected chi connectivity index (χ3v) is 1.84. The van der Waals surface area contributed by atoms with Gasteiger partial charge in [-0.3, -0.25) is 0 Å². The van der Waals surface area contributed by atoms with E-state index in [1.165, 1.54) is 25.7 Å². The molecule has 0 spiro atoms. The second kappa shape index (κ2) is 3.56. The average Bonchev–Trinajstić information content (AvgIpc) is 2.34. The zero-order chi connectivity index (χ0) is 6.53. The van der Waals surface area contributed by atoms with Crippen molar-refractivity contribution < 1.29 is 0 Å². The standard InChI is InChI=1S/C9H14/c1-2-3-6-9-7-4-5-8-9/h9H,2,4-5,7-8H2,1H3. The second-order valence-electron chi connectivity index (χ2n) is 2.66. The van der Waals surface area contributed by atoms with Crippen LogP contribution in [0.2, 0.25) is 0 Å². The molecular weight excluding hydrogens is 108 g/mol. The maximum atomic E-state index is 3.28. The number of rotatable bonds is 0. The largest absolute Gasteiger partial charge is 0.103 e. The van der Waals surface area contributed by atoms with Crippen molar-refractivity contribution in [2.75, 3.05) is 0 Å². The highest BCUT2D eigenvalue weighted by molar-refractivity contribution is 5.04. The van der Waals surface area contributed by atoms with Crippen molar-refractivity contribution in [3.63, 3.8) is 0 Å². The molecule has 0 aromatic heterocycles. The highest BCUT2D eigenvalue weighted by Gasteiger charge is 2.10. The van der Waals surface area contributed by atoms with Crippen LogP contribution in [0.5, 0.6) is 0 Å². The van der Waals surface area contributed by atoms with E-state index in [4.69, 9.17) is 0 Å². The van der Waals surface area contributed by atoms with Gasteiger partial charge in [-0.1, -0.05) is 25.7 Å². The van der Waals surface area contributed by atoms with Gasteiger partial charge in [-0.2, -0.15) is 0 Å². The maximum absolute atomic E-state index is 3.28. The van der Waals surface area contributed by atoms with Gasteiger partial charge in [0.15, 0.2) is 0 Å². The average molecular weight is 122 g/mol. The molecule has 0 saturated heterocycles. The normalized spacial score (nSPS) is 19.2. The number of hydrogen-bond acceptors (Lipinski definition) is 0. The lowest BCUT2D eigenvalue weighted by molar-refractivity contribution is 0.711. The summed E-state index contributed by atoms with van der Waals surface area (Å²) in [5, 5.41) is 0. The highest BCUT2D eigenvalue weighted by Crippen LogP contribution is 2.23. The smallest absolute Gasteiger partial charge is 0.0202 e. The molecule has 1 aliphatic rings. The van der Waals surface area contributed by atoms with Gasteiger partial charge >= 0.3 is 0 Å². The minimum atomic E-state index is 0.755. The fourth-order valence-corrected chi connectivity index (χ4v) is 1.32. The lowest BCUT2D eigenvalue weighted by atomic mass is 10.1. The molecule has 1 rings (SSSR count). The summed E-state index contributed by atoms with van der Waals surface area (Å²) in [7, 11) is 0. The summed E-state index contributed by atoms with van der Waals surface area (Å²) in [4.78, 5) is 0. The fraction of sp³-hybridized carbons (Fsp3) is 0.778. The van der Waals surface area contributed by atoms with E-state index in [9.17, 15) is 0 Å². The van der Waals surface area contributed by atoms with Crippen LogP contribution in [0.1, 0.15) is 39.0 Å². The van der Waals surface area contributed by atoms with E-state index in [0.29, 0.717) is 0 Å². The van der Waals surface area contributed by atoms with Crippen molar-refractivity contribution in [3.8, 4) is 11.8 Å². The molecule has 1 fully saturated rings. The number of hydrogen-bond donors (Lipinski definition) is 0. The Bertz CT molecular complexity index is 119. The first kappa shape index (κ1) is 6.68. The molecule has 0 nitrogen and oxygen atoms in total. The van der Waals surface area contributed by atoms with Crippen molar-refractivity contribution in [1.29, 1.82) is 0 Å². The zero-order valence-electron chi connectivity index (χ0n) is 6.11. The molecule has 1 saturated carbocycles. The molecule has 0 aromatic carbocycles. The van der Waals surface area contributed by atoms with Crippen LogP contribution >= 0.6 is 0 Å². The minimum Gasteiger partial charge on any atom is -0.103 e. The summed E-state index contributed by atoms with van der Waals surface area (Å²) in [5.74, 6) is 7.18. The van der Waals surface area contributed by atoms with Crippen LogP contribution in [-0.4, -0.2) is 0 Å². The quantitative estimate of drug-likeness (QED) is 0.433. The fourth-order valence-electron chi connectivity index (χ4n) is 1.32. The topological polar surface area (TPSA) is 0 Å². The van der Waals surface area contributed by atoms with Crippen molar-refractivity contribution >= 4 is 0 Å². The second-order valence-corrected chi connectivity index (χ2v) is 2.66. The Morgan fingerprint density at radius 2 is 2.00 bits per heavy atom. The molecule has 1 aliphatic carbocycles. The van der Waals surface area contributed by atoms with Crippen LogP contribution in [0.15, 0.2) is 0 Å². The molecule has 0 aromatic rings. The van der Waals surface area contributed by atoms with E-state index >= 15 is 0 Å². The van der Waals surface area contributed by atoms with E-state index < -0.39 is 0 Å². The van der Waals surface area contributed by atoms with Gasteiger partial charge in [0.05, 0.1) is 0 Å². The summed E-state index contributed by atoms with van der Waals surface area (Å²) in [6.45, 7) is 2.11. The molecule has 0 atom stereocenters. The van der Waals surface area contributed by atoms with Crippen LogP contribution in [-0.2, 0) is 0 Å². The molecule has 50 valence electrons. The molecule has 0 bridgehead atoms. The first-order valence-corrected chi connectivity index (χ1v) is 3.92. The third-order valence-electron chi connectivity index (χ3n) is 1.84. The summed E-state index contributed by atoms with van der Waals surface area (Å²) < 4.78 is 0. The van der Waals surface area contributed by atoms with E-state index in [2.05, 4.69) is 18.8 Å². The van der Waals surface area contributed by atoms with E-state index in [0.717, 1.165) is 12.3 Å². The van der Waals surface area contributed by atoms with Gasteiger partial charge in [0.2, 0.25) is 0 Å². The molecule has 9 heavy (non-hydrogen) atoms. The molecule has 0 N–H and O–H groups in total. The van der Waals surface area contributed by atoms with Crippen LogP contribution in [0, 0.1) is 17.8 Å². The van der Waals surface area contributed by atoms with Gasteiger partial charge in [-0.15, -0.1) is 5.92 Å². The SMILES string of the molecule is CCC#CC1CCCC1. The highest BCUT2D eigenvalue weighted by atomic mass is 14.1. The first-order valence-electron chi connectivity index (χ1n) is 3.92. The van der Waals surface area contributed by atoms with Crippen molar-refractivity contribution in [1.82, 2.24) is 0 Å². The van der Waals surface area contributed by atoms with E-state index in [1.807, 2.05) is 0 Å². The third kappa shape index (κ3) is 2.10. The Morgan fingerprint density at radius 3 is 2.56 bits per heavy atom. The molecule has 0 radical (unpaired) electrons. The molecule has 0 aliphatic heterocycles. The van der Waals surface area contributed by atoms with E-state index in [1.54, 1.807) is 0 Å². The van der Waals surface area contributed by atoms with Crippen LogP contribution in [0.4, 0.5) is 0 Å². The Hall–Kier alpha value is -0.440. The Kier molecular flexibility index (Phi) is 2.64. The minimum absolute atomic E-state index is 0.755. The van der Waals surface area contributed by atoms with Crippen molar-refractivity contribution in [2.24, 2.45) is 5.92 Å². The van der Waals surface area contributed by atoms with E-state index in [-0.39, 0.29) is 0 Å². The van der Waals surface area contributed by atoms with Gasteiger partial charge in [-0.25, -0.2) is 0 Å². The zero-order valence-corrected chi connectivity index (χ0v) is 6.11. The Balaban J connectivity index is 2.26. The first-order chi connectivity index (χ1) is 4.43. The Morgan fingerprint density at radius 1 is 1.33 bits per heavy atom. The van der Waals surface area contributed by atoms with Gasteiger partial charge in [-0.05, 0) is 12.8 Å². The summed E-state index contributed by atoms with van der Waals surface area (Å²) in [6.07, 6.45) is 6.54. The van der Waals surface area contributed by atoms with Gasteiger partial charge in [0.1, 0.15) is 0 Å². The van der Waals surface area contributed by atoms with Gasteiger partial charge in [0, 0.05) is 12.3 Å². The summed E-state index contributed by atoms with van der Waals surface area (Å²) in [5.41, 5.74) is 0. The Labute approximate surface area is 57.7 Å². The molecule has 0 heterocycles. The van der Waals surface area contributed by atoms with Crippen LogP contribution in [0.3, 0.4) is 0 Å². The molecular formula is C9H14. The molecule has 0 amide bonds. The summed E-state index contributed by atoms with van der Waals surface area (Å²) in [6, 6.07) is 0. The molecule has 0 heteroatoms. The summed E-state index contributed by atoms with van der Waals surface area (Å²) >= 11 is 0. The predicted molar refractivity (Wildman–Crippen MR) is 40.0 cm³/mol. The molecule has 0 unspecified atom stereocenters. The van der Waals surface area contributed by atoms with Crippen LogP contribution in [0.25, 0.3) is 0 Å². The maximum Gasteiger partial charge on any atom is 0.0202 e. The predicted octanol–water partition coefficient (Wildman–Crippen LogP) is 2.59. The van der Waals surface area contributed by atoms with Crippen molar-refractivity contribution in [3.05, 3.63) is 0 Å². The van der Waals surface area contributed by atoms with Gasteiger partial charge in [0.25, 0.3) is 0 Å². The van der Waals surface area contributed by atoms with Gasteiger partial charge < -0.3 is 0 Å². The van der Waals surface area contributed by atoms with Crippen LogP contribution < -0.4 is 0 Å². The van der Waals surface area contributed by atoms with Crippen molar-refractivity contribution in [2.45, 2.75) is 39.0 Å². The lowest BCUT2D eigenvalue weighted by Gasteiger charge is -1.93.